The summed E-state index contributed by atoms with van der Waals surface area (Å²) in [6.07, 6.45) is -0.874. The van der Waals surface area contributed by atoms with E-state index >= 15 is 0 Å². The van der Waals surface area contributed by atoms with Crippen molar-refractivity contribution in [1.82, 2.24) is 10.3 Å². The lowest BCUT2D eigenvalue weighted by Crippen LogP contribution is -2.24. The van der Waals surface area contributed by atoms with E-state index < -0.39 is 18.2 Å². The molecule has 166 valence electrons. The molecule has 0 aliphatic heterocycles. The highest BCUT2D eigenvalue weighted by molar-refractivity contribution is 5.82. The molecule has 0 radical (unpaired) electrons. The Balaban J connectivity index is 0.000000423. The van der Waals surface area contributed by atoms with E-state index in [0.717, 1.165) is 17.4 Å². The first-order valence-electron chi connectivity index (χ1n) is 9.76. The van der Waals surface area contributed by atoms with Crippen molar-refractivity contribution >= 4 is 16.7 Å². The highest BCUT2D eigenvalue weighted by Gasteiger charge is 2.38. The fraction of sp³-hybridized carbons (Fsp3) is 0.304. The number of nitrogens with zero attached hydrogens (tertiary/aromatic N) is 1. The van der Waals surface area contributed by atoms with Gasteiger partial charge in [0.2, 0.25) is 0 Å². The van der Waals surface area contributed by atoms with Gasteiger partial charge in [0.25, 0.3) is 0 Å². The van der Waals surface area contributed by atoms with E-state index in [2.05, 4.69) is 54.5 Å². The largest absolute Gasteiger partial charge is 0.490 e. The van der Waals surface area contributed by atoms with Crippen molar-refractivity contribution in [3.8, 4) is 0 Å². The van der Waals surface area contributed by atoms with Crippen LogP contribution >= 0.6 is 0 Å². The van der Waals surface area contributed by atoms with E-state index in [4.69, 9.17) is 9.90 Å². The Labute approximate surface area is 178 Å². The van der Waals surface area contributed by atoms with Crippen molar-refractivity contribution in [2.24, 2.45) is 0 Å². The molecule has 0 aliphatic rings. The van der Waals surface area contributed by atoms with Crippen LogP contribution in [0.25, 0.3) is 10.8 Å². The minimum atomic E-state index is -5.08. The predicted octanol–water partition coefficient (Wildman–Crippen LogP) is 4.81. The molecule has 8 heteroatoms. The van der Waals surface area contributed by atoms with E-state index in [0.29, 0.717) is 6.54 Å². The molecule has 31 heavy (non-hydrogen) atoms. The van der Waals surface area contributed by atoms with Gasteiger partial charge in [-0.25, -0.2) is 4.79 Å². The fourth-order valence-corrected chi connectivity index (χ4v) is 2.87. The molecule has 0 bridgehead atoms. The summed E-state index contributed by atoms with van der Waals surface area (Å²) in [6.45, 7) is 4.78. The molecular formula is C23H25F3N2O3. The lowest BCUT2D eigenvalue weighted by molar-refractivity contribution is -0.192. The Kier molecular flexibility index (Phi) is 8.53. The zero-order chi connectivity index (χ0) is 23.0. The quantitative estimate of drug-likeness (QED) is 0.519. The zero-order valence-corrected chi connectivity index (χ0v) is 17.2. The van der Waals surface area contributed by atoms with E-state index in [-0.39, 0.29) is 6.04 Å². The summed E-state index contributed by atoms with van der Waals surface area (Å²) in [5.74, 6) is -2.76. The Bertz CT molecular complexity index is 991. The third-order valence-electron chi connectivity index (χ3n) is 4.80. The van der Waals surface area contributed by atoms with Gasteiger partial charge in [0.15, 0.2) is 0 Å². The van der Waals surface area contributed by atoms with E-state index in [1.165, 1.54) is 16.5 Å². The highest BCUT2D eigenvalue weighted by atomic mass is 19.4. The van der Waals surface area contributed by atoms with Crippen LogP contribution in [0.3, 0.4) is 0 Å². The number of carbonyl (C=O) groups is 1. The number of aromatic nitrogens is 1. The number of carboxylic acid groups (broad SMARTS) is 1. The Morgan fingerprint density at radius 3 is 2.26 bits per heavy atom. The van der Waals surface area contributed by atoms with Crippen molar-refractivity contribution in [3.05, 3.63) is 77.6 Å². The number of fused-ring (bicyclic) bond motifs is 1. The maximum absolute atomic E-state index is 10.6. The van der Waals surface area contributed by atoms with Gasteiger partial charge < -0.3 is 15.5 Å². The van der Waals surface area contributed by atoms with Gasteiger partial charge in [-0.05, 0) is 47.6 Å². The summed E-state index contributed by atoms with van der Waals surface area (Å²) in [4.78, 5) is 13.0. The molecule has 0 saturated carbocycles. The minimum absolute atomic E-state index is 0.173. The average Bonchev–Trinajstić information content (AvgIpc) is 2.76. The van der Waals surface area contributed by atoms with Gasteiger partial charge in [-0.2, -0.15) is 13.2 Å². The molecule has 2 unspecified atom stereocenters. The topological polar surface area (TPSA) is 82.5 Å². The summed E-state index contributed by atoms with van der Waals surface area (Å²) in [5, 5.41) is 23.3. The smallest absolute Gasteiger partial charge is 0.475 e. The molecule has 0 spiro atoms. The number of benzene rings is 2. The number of halogens is 3. The van der Waals surface area contributed by atoms with E-state index in [1.54, 1.807) is 0 Å². The zero-order valence-electron chi connectivity index (χ0n) is 17.2. The number of alkyl halides is 3. The van der Waals surface area contributed by atoms with E-state index in [1.807, 2.05) is 30.6 Å². The number of aliphatic hydroxyl groups excluding tert-OH is 1. The maximum Gasteiger partial charge on any atom is 0.490 e. The molecule has 0 saturated heterocycles. The van der Waals surface area contributed by atoms with Gasteiger partial charge in [-0.15, -0.1) is 0 Å². The molecule has 3 N–H and O–H groups in total. The van der Waals surface area contributed by atoms with Gasteiger partial charge in [0, 0.05) is 30.4 Å². The summed E-state index contributed by atoms with van der Waals surface area (Å²) < 4.78 is 31.7. The summed E-state index contributed by atoms with van der Waals surface area (Å²) in [7, 11) is 0. The molecular weight excluding hydrogens is 409 g/mol. The van der Waals surface area contributed by atoms with E-state index in [9.17, 15) is 18.3 Å². The summed E-state index contributed by atoms with van der Waals surface area (Å²) in [5.41, 5.74) is 3.46. The number of pyridine rings is 1. The van der Waals surface area contributed by atoms with Crippen molar-refractivity contribution < 1.29 is 28.2 Å². The first-order chi connectivity index (χ1) is 14.6. The molecule has 0 fully saturated rings. The van der Waals surface area contributed by atoms with Crippen LogP contribution in [0, 0.1) is 0 Å². The van der Waals surface area contributed by atoms with Gasteiger partial charge in [-0.1, -0.05) is 43.3 Å². The lowest BCUT2D eigenvalue weighted by atomic mass is 10.0. The van der Waals surface area contributed by atoms with Crippen molar-refractivity contribution in [3.63, 3.8) is 0 Å². The van der Waals surface area contributed by atoms with Gasteiger partial charge in [0.05, 0.1) is 6.10 Å². The third-order valence-corrected chi connectivity index (χ3v) is 4.80. The first kappa shape index (κ1) is 24.3. The van der Waals surface area contributed by atoms with Crippen molar-refractivity contribution in [2.75, 3.05) is 6.54 Å². The standard InChI is InChI=1S/C21H24N2O.C2HF3O2/c1-3-16-4-6-17(7-5-16)21(24)14-23-15(2)18-8-9-20-13-22-11-10-19(20)12-18;3-2(4,5)1(6)7/h4-13,15,21,23-24H,3,14H2,1-2H3;(H,6,7). The number of aryl methyl sites for hydroxylation is 1. The summed E-state index contributed by atoms with van der Waals surface area (Å²) >= 11 is 0. The minimum Gasteiger partial charge on any atom is -0.475 e. The molecule has 2 atom stereocenters. The predicted molar refractivity (Wildman–Crippen MR) is 113 cm³/mol. The molecule has 5 nitrogen and oxygen atoms in total. The molecule has 3 rings (SSSR count). The van der Waals surface area contributed by atoms with Crippen LogP contribution in [0.15, 0.2) is 60.9 Å². The van der Waals surface area contributed by atoms with Crippen LogP contribution < -0.4 is 5.32 Å². The average molecular weight is 434 g/mol. The Morgan fingerprint density at radius 2 is 1.68 bits per heavy atom. The number of rotatable bonds is 6. The number of hydrogen-bond donors (Lipinski definition) is 3. The number of carboxylic acids is 1. The second-order valence-corrected chi connectivity index (χ2v) is 7.03. The van der Waals surface area contributed by atoms with Crippen LogP contribution in [0.4, 0.5) is 13.2 Å². The second-order valence-electron chi connectivity index (χ2n) is 7.03. The third kappa shape index (κ3) is 7.34. The lowest BCUT2D eigenvalue weighted by Gasteiger charge is -2.18. The molecule has 0 amide bonds. The van der Waals surface area contributed by atoms with Gasteiger partial charge in [0.1, 0.15) is 0 Å². The van der Waals surface area contributed by atoms with Crippen LogP contribution in [0.1, 0.15) is 42.7 Å². The SMILES string of the molecule is CCc1ccc(C(O)CNC(C)c2ccc3cnccc3c2)cc1.O=C(O)C(F)(F)F. The van der Waals surface area contributed by atoms with Crippen LogP contribution in [0.5, 0.6) is 0 Å². The maximum atomic E-state index is 10.6. The number of aliphatic carboxylic acids is 1. The Hall–Kier alpha value is -2.97. The van der Waals surface area contributed by atoms with Crippen LogP contribution in [-0.4, -0.2) is 33.9 Å². The molecule has 1 heterocycles. The monoisotopic (exact) mass is 434 g/mol. The Morgan fingerprint density at radius 1 is 1.06 bits per heavy atom. The summed E-state index contributed by atoms with van der Waals surface area (Å²) in [6, 6.07) is 16.8. The van der Waals surface area contributed by atoms with Crippen molar-refractivity contribution in [1.29, 1.82) is 0 Å². The first-order valence-corrected chi connectivity index (χ1v) is 9.76. The second kappa shape index (κ2) is 10.9. The number of hydrogen-bond acceptors (Lipinski definition) is 4. The van der Waals surface area contributed by atoms with Gasteiger partial charge in [-0.3, -0.25) is 4.98 Å². The van der Waals surface area contributed by atoms with Gasteiger partial charge >= 0.3 is 12.1 Å². The molecule has 3 aromatic rings. The molecule has 2 aromatic carbocycles. The fourth-order valence-electron chi connectivity index (χ4n) is 2.87. The molecule has 0 aliphatic carbocycles. The van der Waals surface area contributed by atoms with Crippen LogP contribution in [-0.2, 0) is 11.2 Å². The van der Waals surface area contributed by atoms with Crippen LogP contribution in [0.2, 0.25) is 0 Å². The van der Waals surface area contributed by atoms with Crippen molar-refractivity contribution in [2.45, 2.75) is 38.6 Å². The normalized spacial score (nSPS) is 13.2. The molecule has 1 aromatic heterocycles. The number of aliphatic hydroxyl groups is 1. The number of nitrogens with one attached hydrogen (secondary N) is 1. The highest BCUT2D eigenvalue weighted by Crippen LogP contribution is 2.21.